The Balaban J connectivity index is 1.82. The Labute approximate surface area is 146 Å². The molecule has 1 fully saturated rings. The molecule has 24 heavy (non-hydrogen) atoms. The number of carbonyl (C=O) groups is 1. The summed E-state index contributed by atoms with van der Waals surface area (Å²) in [6.45, 7) is 7.25. The molecule has 1 aromatic carbocycles. The highest BCUT2D eigenvalue weighted by Crippen LogP contribution is 2.39. The summed E-state index contributed by atoms with van der Waals surface area (Å²) in [5.74, 6) is -0.00454. The van der Waals surface area contributed by atoms with Crippen molar-refractivity contribution >= 4 is 27.5 Å². The first-order chi connectivity index (χ1) is 11.3. The molecule has 1 atom stereocenters. The number of likely N-dealkylation sites (tertiary alicyclic amines) is 1. The van der Waals surface area contributed by atoms with Crippen molar-refractivity contribution in [3.8, 4) is 0 Å². The molecule has 1 N–H and O–H groups in total. The average molecular weight is 348 g/mol. The smallest absolute Gasteiger partial charge is 0.253 e. The molecule has 1 aromatic heterocycles. The van der Waals surface area contributed by atoms with Crippen molar-refractivity contribution in [3.05, 3.63) is 28.8 Å². The largest absolute Gasteiger partial charge is 0.387 e. The molecular formula is C18H24N2O3S. The third-order valence-electron chi connectivity index (χ3n) is 5.05. The monoisotopic (exact) mass is 348 g/mol. The van der Waals surface area contributed by atoms with Gasteiger partial charge in [0.25, 0.3) is 5.91 Å². The number of thiazole rings is 1. The number of amides is 1. The molecule has 0 aliphatic carbocycles. The molecule has 0 saturated carbocycles. The maximum atomic E-state index is 12.9. The quantitative estimate of drug-likeness (QED) is 0.926. The Kier molecular flexibility index (Phi) is 4.40. The molecule has 2 heterocycles. The second-order valence-corrected chi connectivity index (χ2v) is 8.48. The molecule has 6 heteroatoms. The molecule has 0 radical (unpaired) electrons. The summed E-state index contributed by atoms with van der Waals surface area (Å²) in [6.07, 6.45) is 0.512. The first-order valence-electron chi connectivity index (χ1n) is 8.13. The van der Waals surface area contributed by atoms with E-state index in [1.54, 1.807) is 18.4 Å². The Hall–Kier alpha value is -1.50. The number of aromatic nitrogens is 1. The highest BCUT2D eigenvalue weighted by Gasteiger charge is 2.48. The average Bonchev–Trinajstić information content (AvgIpc) is 2.88. The van der Waals surface area contributed by atoms with Gasteiger partial charge in [0.2, 0.25) is 0 Å². The van der Waals surface area contributed by atoms with Crippen LogP contribution in [-0.4, -0.2) is 53.3 Å². The topological polar surface area (TPSA) is 62.7 Å². The summed E-state index contributed by atoms with van der Waals surface area (Å²) in [5, 5.41) is 11.8. The molecule has 0 bridgehead atoms. The summed E-state index contributed by atoms with van der Waals surface area (Å²) in [4.78, 5) is 19.2. The third kappa shape index (κ3) is 2.94. The van der Waals surface area contributed by atoms with Crippen LogP contribution in [-0.2, 0) is 4.74 Å². The van der Waals surface area contributed by atoms with Crippen molar-refractivity contribution in [1.29, 1.82) is 0 Å². The zero-order valence-electron chi connectivity index (χ0n) is 14.6. The van der Waals surface area contributed by atoms with Gasteiger partial charge in [-0.05, 0) is 31.5 Å². The Morgan fingerprint density at radius 2 is 2.21 bits per heavy atom. The Morgan fingerprint density at radius 3 is 2.88 bits per heavy atom. The van der Waals surface area contributed by atoms with E-state index in [-0.39, 0.29) is 12.5 Å². The number of fused-ring (bicyclic) bond motifs is 1. The third-order valence-corrected chi connectivity index (χ3v) is 6.00. The number of aryl methyl sites for hydroxylation is 1. The minimum Gasteiger partial charge on any atom is -0.387 e. The van der Waals surface area contributed by atoms with E-state index in [9.17, 15) is 9.90 Å². The zero-order valence-corrected chi connectivity index (χ0v) is 15.4. The van der Waals surface area contributed by atoms with Crippen LogP contribution in [0.15, 0.2) is 18.2 Å². The number of hydrogen-bond acceptors (Lipinski definition) is 5. The molecule has 3 rings (SSSR count). The van der Waals surface area contributed by atoms with Crippen LogP contribution in [0.2, 0.25) is 0 Å². The number of benzene rings is 1. The molecular weight excluding hydrogens is 324 g/mol. The van der Waals surface area contributed by atoms with Crippen LogP contribution in [0.5, 0.6) is 0 Å². The lowest BCUT2D eigenvalue weighted by molar-refractivity contribution is -0.144. The van der Waals surface area contributed by atoms with Gasteiger partial charge in [0.15, 0.2) is 0 Å². The van der Waals surface area contributed by atoms with Gasteiger partial charge >= 0.3 is 0 Å². The number of aliphatic hydroxyl groups is 1. The van der Waals surface area contributed by atoms with Gasteiger partial charge in [-0.3, -0.25) is 4.79 Å². The minimum absolute atomic E-state index is 0.00454. The predicted molar refractivity (Wildman–Crippen MR) is 95.5 cm³/mol. The number of carbonyl (C=O) groups excluding carboxylic acids is 1. The molecule has 0 unspecified atom stereocenters. The van der Waals surface area contributed by atoms with E-state index in [0.29, 0.717) is 25.1 Å². The van der Waals surface area contributed by atoms with Gasteiger partial charge in [-0.25, -0.2) is 4.98 Å². The number of ether oxygens (including phenoxy) is 1. The van der Waals surface area contributed by atoms with Crippen molar-refractivity contribution in [3.63, 3.8) is 0 Å². The van der Waals surface area contributed by atoms with E-state index in [1.165, 1.54) is 0 Å². The maximum absolute atomic E-state index is 12.9. The lowest BCUT2D eigenvalue weighted by Gasteiger charge is -2.49. The van der Waals surface area contributed by atoms with E-state index in [0.717, 1.165) is 15.2 Å². The van der Waals surface area contributed by atoms with Gasteiger partial charge in [-0.1, -0.05) is 13.8 Å². The summed E-state index contributed by atoms with van der Waals surface area (Å²) < 4.78 is 6.29. The molecule has 1 aliphatic rings. The van der Waals surface area contributed by atoms with Crippen LogP contribution in [0.25, 0.3) is 10.2 Å². The van der Waals surface area contributed by atoms with Crippen LogP contribution in [0.1, 0.15) is 35.6 Å². The van der Waals surface area contributed by atoms with Gasteiger partial charge in [0.1, 0.15) is 0 Å². The summed E-state index contributed by atoms with van der Waals surface area (Å²) in [6, 6.07) is 5.69. The van der Waals surface area contributed by atoms with Crippen LogP contribution in [0.4, 0.5) is 0 Å². The van der Waals surface area contributed by atoms with Gasteiger partial charge in [-0.15, -0.1) is 11.3 Å². The fraction of sp³-hybridized carbons (Fsp3) is 0.556. The van der Waals surface area contributed by atoms with Crippen molar-refractivity contribution < 1.29 is 14.6 Å². The number of hydrogen-bond donors (Lipinski definition) is 1. The van der Waals surface area contributed by atoms with Crippen LogP contribution >= 0.6 is 11.3 Å². The predicted octanol–water partition coefficient (Wildman–Crippen LogP) is 2.85. The number of piperidine rings is 1. The first-order valence-corrected chi connectivity index (χ1v) is 8.95. The molecule has 1 amide bonds. The van der Waals surface area contributed by atoms with E-state index in [4.69, 9.17) is 4.74 Å². The highest BCUT2D eigenvalue weighted by atomic mass is 32.1. The van der Waals surface area contributed by atoms with Crippen molar-refractivity contribution in [2.75, 3.05) is 26.8 Å². The lowest BCUT2D eigenvalue weighted by Crippen LogP contribution is -2.60. The highest BCUT2D eigenvalue weighted by molar-refractivity contribution is 7.18. The van der Waals surface area contributed by atoms with Gasteiger partial charge < -0.3 is 14.7 Å². The van der Waals surface area contributed by atoms with Crippen LogP contribution in [0, 0.1) is 12.3 Å². The molecule has 2 aromatic rings. The van der Waals surface area contributed by atoms with E-state index in [2.05, 4.69) is 4.98 Å². The number of rotatable bonds is 3. The molecule has 1 aliphatic heterocycles. The molecule has 0 spiro atoms. The number of methoxy groups -OCH3 is 1. The van der Waals surface area contributed by atoms with Gasteiger partial charge in [0.05, 0.1) is 27.4 Å². The summed E-state index contributed by atoms with van der Waals surface area (Å²) in [7, 11) is 1.59. The fourth-order valence-electron chi connectivity index (χ4n) is 3.40. The van der Waals surface area contributed by atoms with Crippen molar-refractivity contribution in [1.82, 2.24) is 9.88 Å². The van der Waals surface area contributed by atoms with Gasteiger partial charge in [-0.2, -0.15) is 0 Å². The fourth-order valence-corrected chi connectivity index (χ4v) is 4.21. The van der Waals surface area contributed by atoms with E-state index < -0.39 is 11.0 Å². The molecule has 5 nitrogen and oxygen atoms in total. The standard InChI is InChI=1S/C18H24N2O3S/c1-12-19-14-9-13(5-6-15(14)24-12)16(21)20-8-7-18(22,11-23-4)17(2,3)10-20/h5-6,9,22H,7-8,10-11H2,1-4H3/t18-/m1/s1. The Bertz CT molecular complexity index is 771. The van der Waals surface area contributed by atoms with E-state index in [1.807, 2.05) is 43.9 Å². The SMILES string of the molecule is COC[C@]1(O)CCN(C(=O)c2ccc3sc(C)nc3c2)CC1(C)C. The second kappa shape index (κ2) is 6.10. The Morgan fingerprint density at radius 1 is 1.46 bits per heavy atom. The zero-order chi connectivity index (χ0) is 17.5. The minimum atomic E-state index is -0.908. The van der Waals surface area contributed by atoms with Crippen LogP contribution < -0.4 is 0 Å². The lowest BCUT2D eigenvalue weighted by atomic mass is 9.70. The molecule has 130 valence electrons. The maximum Gasteiger partial charge on any atom is 0.253 e. The second-order valence-electron chi connectivity index (χ2n) is 7.24. The van der Waals surface area contributed by atoms with Crippen molar-refractivity contribution in [2.24, 2.45) is 5.41 Å². The summed E-state index contributed by atoms with van der Waals surface area (Å²) >= 11 is 1.63. The summed E-state index contributed by atoms with van der Waals surface area (Å²) in [5.41, 5.74) is 0.184. The number of nitrogens with zero attached hydrogens (tertiary/aromatic N) is 2. The van der Waals surface area contributed by atoms with E-state index >= 15 is 0 Å². The molecule has 1 saturated heterocycles. The van der Waals surface area contributed by atoms with Crippen LogP contribution in [0.3, 0.4) is 0 Å². The normalized spacial score (nSPS) is 23.6. The van der Waals surface area contributed by atoms with Crippen molar-refractivity contribution in [2.45, 2.75) is 32.8 Å². The van der Waals surface area contributed by atoms with Gasteiger partial charge in [0, 0.05) is 31.2 Å². The first kappa shape index (κ1) is 17.3.